The molecule has 2 aromatic rings. The zero-order valence-electron chi connectivity index (χ0n) is 13.8. The molecule has 1 amide bonds. The van der Waals surface area contributed by atoms with Crippen LogP contribution in [0, 0.1) is 0 Å². The SMILES string of the molecule is COC(=O)CSc1nnc(NC(=O)C(C)Oc2ccc(OC)cc2)s1. The summed E-state index contributed by atoms with van der Waals surface area (Å²) in [7, 11) is 2.89. The van der Waals surface area contributed by atoms with Crippen LogP contribution in [0.3, 0.4) is 0 Å². The van der Waals surface area contributed by atoms with Gasteiger partial charge in [-0.05, 0) is 31.2 Å². The van der Waals surface area contributed by atoms with Crippen LogP contribution in [-0.2, 0) is 14.3 Å². The van der Waals surface area contributed by atoms with Crippen LogP contribution >= 0.6 is 23.1 Å². The van der Waals surface area contributed by atoms with E-state index in [1.165, 1.54) is 30.2 Å². The van der Waals surface area contributed by atoms with Gasteiger partial charge in [0.2, 0.25) is 5.13 Å². The Labute approximate surface area is 152 Å². The molecule has 0 aliphatic carbocycles. The van der Waals surface area contributed by atoms with Crippen molar-refractivity contribution >= 4 is 40.1 Å². The number of methoxy groups -OCH3 is 2. The first-order valence-electron chi connectivity index (χ1n) is 7.16. The monoisotopic (exact) mass is 383 g/mol. The predicted octanol–water partition coefficient (Wildman–Crippen LogP) is 2.22. The maximum atomic E-state index is 12.2. The number of carbonyl (C=O) groups is 2. The highest BCUT2D eigenvalue weighted by Gasteiger charge is 2.17. The third-order valence-corrected chi connectivity index (χ3v) is 4.86. The van der Waals surface area contributed by atoms with Gasteiger partial charge in [0.15, 0.2) is 10.4 Å². The molecular formula is C15H17N3O5S2. The van der Waals surface area contributed by atoms with Gasteiger partial charge < -0.3 is 14.2 Å². The summed E-state index contributed by atoms with van der Waals surface area (Å²) in [5.74, 6) is 0.685. The lowest BCUT2D eigenvalue weighted by Crippen LogP contribution is -2.30. The molecule has 0 bridgehead atoms. The van der Waals surface area contributed by atoms with E-state index in [2.05, 4.69) is 20.3 Å². The molecule has 134 valence electrons. The standard InChI is InChI=1S/C15H17N3O5S2/c1-9(23-11-6-4-10(21-2)5-7-11)13(20)16-14-17-18-15(25-14)24-8-12(19)22-3/h4-7,9H,8H2,1-3H3,(H,16,17,20). The van der Waals surface area contributed by atoms with Crippen LogP contribution in [0.25, 0.3) is 0 Å². The van der Waals surface area contributed by atoms with Crippen molar-refractivity contribution in [2.45, 2.75) is 17.4 Å². The molecule has 0 fully saturated rings. The second-order valence-corrected chi connectivity index (χ2v) is 6.86. The zero-order valence-corrected chi connectivity index (χ0v) is 15.5. The van der Waals surface area contributed by atoms with Gasteiger partial charge in [0.05, 0.1) is 20.0 Å². The van der Waals surface area contributed by atoms with Crippen molar-refractivity contribution in [3.05, 3.63) is 24.3 Å². The molecule has 0 saturated carbocycles. The molecule has 1 atom stereocenters. The van der Waals surface area contributed by atoms with E-state index in [1.807, 2.05) is 0 Å². The summed E-state index contributed by atoms with van der Waals surface area (Å²) < 4.78 is 15.7. The van der Waals surface area contributed by atoms with Crippen molar-refractivity contribution in [2.75, 3.05) is 25.3 Å². The van der Waals surface area contributed by atoms with Gasteiger partial charge in [-0.3, -0.25) is 14.9 Å². The highest BCUT2D eigenvalue weighted by atomic mass is 32.2. The molecule has 25 heavy (non-hydrogen) atoms. The second-order valence-electron chi connectivity index (χ2n) is 4.66. The Morgan fingerprint density at radius 2 is 1.88 bits per heavy atom. The largest absolute Gasteiger partial charge is 0.497 e. The first-order valence-corrected chi connectivity index (χ1v) is 8.96. The van der Waals surface area contributed by atoms with Crippen LogP contribution in [0.15, 0.2) is 28.6 Å². The maximum Gasteiger partial charge on any atom is 0.316 e. The Balaban J connectivity index is 1.85. The number of aromatic nitrogens is 2. The van der Waals surface area contributed by atoms with Crippen molar-refractivity contribution < 1.29 is 23.8 Å². The Kier molecular flexibility index (Phi) is 7.02. The Bertz CT molecular complexity index is 720. The number of hydrogen-bond acceptors (Lipinski definition) is 9. The fraction of sp³-hybridized carbons (Fsp3) is 0.333. The molecule has 1 N–H and O–H groups in total. The molecule has 10 heteroatoms. The van der Waals surface area contributed by atoms with Gasteiger partial charge in [0.25, 0.3) is 5.91 Å². The number of ether oxygens (including phenoxy) is 3. The number of thioether (sulfide) groups is 1. The second kappa shape index (κ2) is 9.23. The quantitative estimate of drug-likeness (QED) is 0.421. The summed E-state index contributed by atoms with van der Waals surface area (Å²) in [6, 6.07) is 6.93. The van der Waals surface area contributed by atoms with E-state index in [-0.39, 0.29) is 17.6 Å². The summed E-state index contributed by atoms with van der Waals surface area (Å²) in [6.07, 6.45) is -0.719. The number of anilines is 1. The highest BCUT2D eigenvalue weighted by Crippen LogP contribution is 2.25. The third kappa shape index (κ3) is 5.91. The molecule has 0 aliphatic rings. The maximum absolute atomic E-state index is 12.2. The lowest BCUT2D eigenvalue weighted by Gasteiger charge is -2.13. The third-order valence-electron chi connectivity index (χ3n) is 2.92. The normalized spacial score (nSPS) is 11.5. The molecule has 2 rings (SSSR count). The molecule has 1 aromatic carbocycles. The molecule has 0 aliphatic heterocycles. The van der Waals surface area contributed by atoms with Crippen LogP contribution < -0.4 is 14.8 Å². The summed E-state index contributed by atoms with van der Waals surface area (Å²) in [5, 5.41) is 10.7. The van der Waals surface area contributed by atoms with Crippen molar-refractivity contribution in [3.63, 3.8) is 0 Å². The minimum atomic E-state index is -0.719. The minimum Gasteiger partial charge on any atom is -0.497 e. The fourth-order valence-corrected chi connectivity index (χ4v) is 3.20. The van der Waals surface area contributed by atoms with Crippen molar-refractivity contribution in [3.8, 4) is 11.5 Å². The van der Waals surface area contributed by atoms with E-state index < -0.39 is 6.10 Å². The highest BCUT2D eigenvalue weighted by molar-refractivity contribution is 8.01. The minimum absolute atomic E-state index is 0.135. The molecule has 0 radical (unpaired) electrons. The summed E-state index contributed by atoms with van der Waals surface area (Å²) in [4.78, 5) is 23.3. The van der Waals surface area contributed by atoms with E-state index in [0.29, 0.717) is 21.0 Å². The number of nitrogens with one attached hydrogen (secondary N) is 1. The van der Waals surface area contributed by atoms with E-state index in [0.717, 1.165) is 0 Å². The molecule has 1 unspecified atom stereocenters. The van der Waals surface area contributed by atoms with Crippen molar-refractivity contribution in [2.24, 2.45) is 0 Å². The average Bonchev–Trinajstić information content (AvgIpc) is 3.07. The van der Waals surface area contributed by atoms with Crippen LogP contribution in [-0.4, -0.2) is 48.2 Å². The fourth-order valence-electron chi connectivity index (χ4n) is 1.62. The summed E-state index contributed by atoms with van der Waals surface area (Å²) >= 11 is 2.36. The number of esters is 1. The number of nitrogens with zero attached hydrogens (tertiary/aromatic N) is 2. The van der Waals surface area contributed by atoms with Crippen molar-refractivity contribution in [1.29, 1.82) is 0 Å². The van der Waals surface area contributed by atoms with Crippen LogP contribution in [0.4, 0.5) is 5.13 Å². The molecule has 1 heterocycles. The average molecular weight is 383 g/mol. The van der Waals surface area contributed by atoms with Gasteiger partial charge in [-0.1, -0.05) is 23.1 Å². The van der Waals surface area contributed by atoms with E-state index in [1.54, 1.807) is 38.3 Å². The first-order chi connectivity index (χ1) is 12.0. The van der Waals surface area contributed by atoms with E-state index in [9.17, 15) is 9.59 Å². The Morgan fingerprint density at radius 1 is 1.20 bits per heavy atom. The predicted molar refractivity (Wildman–Crippen MR) is 94.4 cm³/mol. The molecule has 0 saturated heterocycles. The molecule has 0 spiro atoms. The number of benzene rings is 1. The van der Waals surface area contributed by atoms with Crippen molar-refractivity contribution in [1.82, 2.24) is 10.2 Å². The molecular weight excluding hydrogens is 366 g/mol. The molecule has 8 nitrogen and oxygen atoms in total. The number of amides is 1. The smallest absolute Gasteiger partial charge is 0.316 e. The van der Waals surface area contributed by atoms with E-state index in [4.69, 9.17) is 9.47 Å². The molecule has 1 aromatic heterocycles. The number of carbonyl (C=O) groups excluding carboxylic acids is 2. The lowest BCUT2D eigenvalue weighted by atomic mass is 10.3. The number of rotatable bonds is 8. The van der Waals surface area contributed by atoms with Gasteiger partial charge in [-0.25, -0.2) is 0 Å². The van der Waals surface area contributed by atoms with Gasteiger partial charge in [-0.2, -0.15) is 0 Å². The van der Waals surface area contributed by atoms with Crippen LogP contribution in [0.1, 0.15) is 6.92 Å². The lowest BCUT2D eigenvalue weighted by molar-refractivity contribution is -0.137. The van der Waals surface area contributed by atoms with Gasteiger partial charge >= 0.3 is 5.97 Å². The zero-order chi connectivity index (χ0) is 18.2. The first kappa shape index (κ1) is 19.0. The van der Waals surface area contributed by atoms with Gasteiger partial charge in [0.1, 0.15) is 11.5 Å². The van der Waals surface area contributed by atoms with Crippen LogP contribution in [0.2, 0.25) is 0 Å². The van der Waals surface area contributed by atoms with E-state index >= 15 is 0 Å². The summed E-state index contributed by atoms with van der Waals surface area (Å²) in [6.45, 7) is 1.63. The Hall–Kier alpha value is -2.33. The summed E-state index contributed by atoms with van der Waals surface area (Å²) in [5.41, 5.74) is 0. The number of hydrogen-bond donors (Lipinski definition) is 1. The van der Waals surface area contributed by atoms with Gasteiger partial charge in [-0.15, -0.1) is 10.2 Å². The van der Waals surface area contributed by atoms with Crippen LogP contribution in [0.5, 0.6) is 11.5 Å². The topological polar surface area (TPSA) is 99.6 Å². The van der Waals surface area contributed by atoms with Gasteiger partial charge in [0, 0.05) is 0 Å². The Morgan fingerprint density at radius 3 is 2.52 bits per heavy atom.